The second kappa shape index (κ2) is 6.95. The molecule has 1 aliphatic rings. The van der Waals surface area contributed by atoms with Crippen LogP contribution in [0.4, 0.5) is 5.69 Å². The molecule has 1 N–H and O–H groups in total. The van der Waals surface area contributed by atoms with Gasteiger partial charge in [0.05, 0.1) is 19.0 Å². The summed E-state index contributed by atoms with van der Waals surface area (Å²) in [6.45, 7) is 1.46. The van der Waals surface area contributed by atoms with E-state index in [0.29, 0.717) is 18.0 Å². The monoisotopic (exact) mass is 353 g/mol. The van der Waals surface area contributed by atoms with E-state index in [0.717, 1.165) is 37.5 Å². The molecule has 0 bridgehead atoms. The first-order chi connectivity index (χ1) is 12.7. The van der Waals surface area contributed by atoms with E-state index in [1.807, 2.05) is 0 Å². The lowest BCUT2D eigenvalue weighted by Crippen LogP contribution is -2.15. The molecule has 0 aromatic carbocycles. The average molecular weight is 353 g/mol. The van der Waals surface area contributed by atoms with Crippen LogP contribution in [-0.2, 0) is 19.5 Å². The van der Waals surface area contributed by atoms with Gasteiger partial charge in [-0.15, -0.1) is 10.2 Å². The van der Waals surface area contributed by atoms with Gasteiger partial charge in [0.25, 0.3) is 5.91 Å². The molecule has 4 rings (SSSR count). The van der Waals surface area contributed by atoms with Crippen LogP contribution >= 0.6 is 0 Å². The molecule has 1 amide bonds. The Bertz CT molecular complexity index is 931. The summed E-state index contributed by atoms with van der Waals surface area (Å²) in [6, 6.07) is 3.27. The standard InChI is InChI=1S/C17H19N7O2/c1-26-13-5-6-18-14(8-13)17(25)20-12-9-19-23(10-12)11-16-22-21-15-4-2-3-7-24(15)16/h5-6,8-10H,2-4,7,11H2,1H3,(H,20,25). The number of methoxy groups -OCH3 is 1. The van der Waals surface area contributed by atoms with Crippen molar-refractivity contribution in [3.63, 3.8) is 0 Å². The van der Waals surface area contributed by atoms with Crippen molar-refractivity contribution < 1.29 is 9.53 Å². The molecule has 134 valence electrons. The van der Waals surface area contributed by atoms with E-state index in [1.165, 1.54) is 6.20 Å². The number of nitrogens with one attached hydrogen (secondary N) is 1. The van der Waals surface area contributed by atoms with Crippen LogP contribution < -0.4 is 10.1 Å². The van der Waals surface area contributed by atoms with Crippen molar-refractivity contribution >= 4 is 11.6 Å². The summed E-state index contributed by atoms with van der Waals surface area (Å²) in [6.07, 6.45) is 8.18. The highest BCUT2D eigenvalue weighted by atomic mass is 16.5. The number of hydrogen-bond acceptors (Lipinski definition) is 6. The Morgan fingerprint density at radius 2 is 2.27 bits per heavy atom. The molecule has 0 atom stereocenters. The normalized spacial score (nSPS) is 13.3. The summed E-state index contributed by atoms with van der Waals surface area (Å²) < 4.78 is 9.00. The van der Waals surface area contributed by atoms with Gasteiger partial charge in [-0.25, -0.2) is 0 Å². The molecular weight excluding hydrogens is 334 g/mol. The van der Waals surface area contributed by atoms with Crippen molar-refractivity contribution in [3.05, 3.63) is 48.1 Å². The van der Waals surface area contributed by atoms with E-state index in [-0.39, 0.29) is 11.6 Å². The van der Waals surface area contributed by atoms with Gasteiger partial charge < -0.3 is 14.6 Å². The van der Waals surface area contributed by atoms with E-state index in [9.17, 15) is 4.79 Å². The molecule has 26 heavy (non-hydrogen) atoms. The second-order valence-corrected chi connectivity index (χ2v) is 6.10. The SMILES string of the molecule is COc1ccnc(C(=O)Nc2cnn(Cc3nnc4n3CCCC4)c2)c1. The quantitative estimate of drug-likeness (QED) is 0.746. The summed E-state index contributed by atoms with van der Waals surface area (Å²) in [4.78, 5) is 16.4. The van der Waals surface area contributed by atoms with Crippen LogP contribution in [0.1, 0.15) is 35.0 Å². The lowest BCUT2D eigenvalue weighted by Gasteiger charge is -2.14. The lowest BCUT2D eigenvalue weighted by atomic mass is 10.2. The van der Waals surface area contributed by atoms with Gasteiger partial charge in [0, 0.05) is 31.4 Å². The van der Waals surface area contributed by atoms with E-state index in [1.54, 1.807) is 36.3 Å². The highest BCUT2D eigenvalue weighted by Crippen LogP contribution is 2.16. The molecule has 0 aliphatic carbocycles. The number of aryl methyl sites for hydroxylation is 1. The van der Waals surface area contributed by atoms with Crippen molar-refractivity contribution in [1.82, 2.24) is 29.5 Å². The Morgan fingerprint density at radius 1 is 1.35 bits per heavy atom. The van der Waals surface area contributed by atoms with Crippen LogP contribution in [0.25, 0.3) is 0 Å². The fraction of sp³-hybridized carbons (Fsp3) is 0.353. The van der Waals surface area contributed by atoms with Crippen LogP contribution in [0.15, 0.2) is 30.7 Å². The van der Waals surface area contributed by atoms with Gasteiger partial charge in [0.15, 0.2) is 5.82 Å². The Balaban J connectivity index is 1.44. The Labute approximate surface area is 150 Å². The summed E-state index contributed by atoms with van der Waals surface area (Å²) in [5, 5.41) is 15.6. The maximum atomic E-state index is 12.3. The van der Waals surface area contributed by atoms with Crippen LogP contribution in [0.3, 0.4) is 0 Å². The molecule has 4 heterocycles. The second-order valence-electron chi connectivity index (χ2n) is 6.10. The number of fused-ring (bicyclic) bond motifs is 1. The third-order valence-electron chi connectivity index (χ3n) is 4.33. The number of carbonyl (C=O) groups excluding carboxylic acids is 1. The number of anilines is 1. The van der Waals surface area contributed by atoms with Gasteiger partial charge in [-0.1, -0.05) is 0 Å². The predicted molar refractivity (Wildman–Crippen MR) is 93.0 cm³/mol. The minimum absolute atomic E-state index is 0.281. The topological polar surface area (TPSA) is 99.8 Å². The van der Waals surface area contributed by atoms with Crippen LogP contribution in [0.5, 0.6) is 5.75 Å². The molecule has 0 fully saturated rings. The van der Waals surface area contributed by atoms with Crippen molar-refractivity contribution in [1.29, 1.82) is 0 Å². The zero-order valence-corrected chi connectivity index (χ0v) is 14.4. The smallest absolute Gasteiger partial charge is 0.274 e. The molecule has 0 saturated heterocycles. The van der Waals surface area contributed by atoms with Crippen molar-refractivity contribution in [2.75, 3.05) is 12.4 Å². The molecule has 9 heteroatoms. The van der Waals surface area contributed by atoms with Crippen LogP contribution in [-0.4, -0.2) is 42.5 Å². The molecule has 0 saturated carbocycles. The number of aromatic nitrogens is 6. The van der Waals surface area contributed by atoms with Crippen molar-refractivity contribution in [2.45, 2.75) is 32.4 Å². The number of pyridine rings is 1. The molecule has 9 nitrogen and oxygen atoms in total. The number of hydrogen-bond donors (Lipinski definition) is 1. The Morgan fingerprint density at radius 3 is 3.15 bits per heavy atom. The first kappa shape index (κ1) is 16.2. The zero-order valence-electron chi connectivity index (χ0n) is 14.4. The van der Waals surface area contributed by atoms with Gasteiger partial charge in [-0.3, -0.25) is 14.5 Å². The molecule has 0 spiro atoms. The van der Waals surface area contributed by atoms with Gasteiger partial charge in [0.2, 0.25) is 0 Å². The van der Waals surface area contributed by atoms with E-state index in [4.69, 9.17) is 4.74 Å². The number of carbonyl (C=O) groups is 1. The van der Waals surface area contributed by atoms with Crippen LogP contribution in [0.2, 0.25) is 0 Å². The maximum absolute atomic E-state index is 12.3. The molecule has 3 aromatic rings. The van der Waals surface area contributed by atoms with Gasteiger partial charge in [-0.2, -0.15) is 5.10 Å². The van der Waals surface area contributed by atoms with Gasteiger partial charge in [-0.05, 0) is 18.9 Å². The summed E-state index contributed by atoms with van der Waals surface area (Å²) in [7, 11) is 1.55. The predicted octanol–water partition coefficient (Wildman–Crippen LogP) is 1.52. The molecular formula is C17H19N7O2. The molecule has 0 radical (unpaired) electrons. The average Bonchev–Trinajstić information content (AvgIpc) is 3.29. The number of ether oxygens (including phenoxy) is 1. The third-order valence-corrected chi connectivity index (χ3v) is 4.33. The molecule has 3 aromatic heterocycles. The minimum Gasteiger partial charge on any atom is -0.497 e. The molecule has 1 aliphatic heterocycles. The highest BCUT2D eigenvalue weighted by Gasteiger charge is 2.16. The fourth-order valence-electron chi connectivity index (χ4n) is 3.00. The number of amides is 1. The van der Waals surface area contributed by atoms with Gasteiger partial charge >= 0.3 is 0 Å². The van der Waals surface area contributed by atoms with E-state index in [2.05, 4.69) is 30.2 Å². The largest absolute Gasteiger partial charge is 0.497 e. The third kappa shape index (κ3) is 3.28. The van der Waals surface area contributed by atoms with Crippen molar-refractivity contribution in [2.24, 2.45) is 0 Å². The summed E-state index contributed by atoms with van der Waals surface area (Å²) in [5.74, 6) is 2.19. The maximum Gasteiger partial charge on any atom is 0.274 e. The van der Waals surface area contributed by atoms with E-state index >= 15 is 0 Å². The zero-order chi connectivity index (χ0) is 17.9. The Kier molecular flexibility index (Phi) is 4.34. The summed E-state index contributed by atoms with van der Waals surface area (Å²) >= 11 is 0. The Hall–Kier alpha value is -3.23. The van der Waals surface area contributed by atoms with E-state index < -0.39 is 0 Å². The lowest BCUT2D eigenvalue weighted by molar-refractivity contribution is 0.102. The van der Waals surface area contributed by atoms with Crippen molar-refractivity contribution in [3.8, 4) is 5.75 Å². The number of nitrogens with zero attached hydrogens (tertiary/aromatic N) is 6. The first-order valence-electron chi connectivity index (χ1n) is 8.48. The summed E-state index contributed by atoms with van der Waals surface area (Å²) in [5.41, 5.74) is 0.877. The fourth-order valence-corrected chi connectivity index (χ4v) is 3.00. The number of rotatable bonds is 5. The minimum atomic E-state index is -0.316. The first-order valence-corrected chi connectivity index (χ1v) is 8.48. The van der Waals surface area contributed by atoms with Crippen LogP contribution in [0, 0.1) is 0 Å². The van der Waals surface area contributed by atoms with Gasteiger partial charge in [0.1, 0.15) is 23.8 Å². The molecule has 0 unspecified atom stereocenters. The highest BCUT2D eigenvalue weighted by molar-refractivity contribution is 6.02.